The van der Waals surface area contributed by atoms with Gasteiger partial charge in [-0.1, -0.05) is 17.7 Å². The molecule has 1 fully saturated rings. The number of fused-ring (bicyclic) bond motifs is 3. The largest absolute Gasteiger partial charge is 0.396 e. The highest BCUT2D eigenvalue weighted by molar-refractivity contribution is 5.57. The zero-order valence-corrected chi connectivity index (χ0v) is 12.3. The van der Waals surface area contributed by atoms with Crippen molar-refractivity contribution >= 4 is 5.69 Å². The van der Waals surface area contributed by atoms with Gasteiger partial charge < -0.3 is 15.2 Å². The maximum atomic E-state index is 8.97. The van der Waals surface area contributed by atoms with E-state index in [1.54, 1.807) is 0 Å². The highest BCUT2D eigenvalue weighted by atomic mass is 16.5. The number of benzene rings is 1. The van der Waals surface area contributed by atoms with Gasteiger partial charge in [0.05, 0.1) is 6.10 Å². The summed E-state index contributed by atoms with van der Waals surface area (Å²) in [4.78, 5) is 0. The first-order valence-corrected chi connectivity index (χ1v) is 7.89. The van der Waals surface area contributed by atoms with Crippen LogP contribution in [0.25, 0.3) is 0 Å². The van der Waals surface area contributed by atoms with E-state index in [0.717, 1.165) is 25.9 Å². The summed E-state index contributed by atoms with van der Waals surface area (Å²) in [6.45, 7) is 3.33. The third-order valence-corrected chi connectivity index (χ3v) is 4.66. The van der Waals surface area contributed by atoms with Gasteiger partial charge in [0.1, 0.15) is 0 Å². The smallest absolute Gasteiger partial charge is 0.0892 e. The molecule has 110 valence electrons. The molecule has 1 aromatic rings. The lowest BCUT2D eigenvalue weighted by Gasteiger charge is -2.43. The first kappa shape index (κ1) is 13.9. The molecule has 2 heterocycles. The molecule has 0 spiro atoms. The molecule has 1 aromatic carbocycles. The SMILES string of the molecule is Cc1ccc2c(c1)[C@@H]1OCCC[C@@H]1[C@H](CCCCO)N2. The molecule has 0 unspecified atom stereocenters. The number of hydrogen-bond donors (Lipinski definition) is 2. The molecule has 0 bridgehead atoms. The van der Waals surface area contributed by atoms with Gasteiger partial charge in [-0.2, -0.15) is 0 Å². The van der Waals surface area contributed by atoms with Crippen LogP contribution in [0.5, 0.6) is 0 Å². The molecule has 20 heavy (non-hydrogen) atoms. The molecule has 0 aromatic heterocycles. The molecule has 0 saturated carbocycles. The molecule has 1 saturated heterocycles. The zero-order chi connectivity index (χ0) is 13.9. The number of hydrogen-bond acceptors (Lipinski definition) is 3. The summed E-state index contributed by atoms with van der Waals surface area (Å²) in [5.74, 6) is 0.580. The lowest BCUT2D eigenvalue weighted by Crippen LogP contribution is -2.41. The van der Waals surface area contributed by atoms with Crippen molar-refractivity contribution in [2.24, 2.45) is 5.92 Å². The van der Waals surface area contributed by atoms with E-state index in [1.807, 2.05) is 0 Å². The van der Waals surface area contributed by atoms with E-state index in [0.29, 0.717) is 18.6 Å². The minimum atomic E-state index is 0.263. The van der Waals surface area contributed by atoms with Crippen molar-refractivity contribution in [1.29, 1.82) is 0 Å². The Bertz CT molecular complexity index is 460. The normalized spacial score (nSPS) is 28.4. The fourth-order valence-corrected chi connectivity index (χ4v) is 3.65. The Morgan fingerprint density at radius 3 is 3.10 bits per heavy atom. The number of anilines is 1. The third-order valence-electron chi connectivity index (χ3n) is 4.66. The van der Waals surface area contributed by atoms with E-state index in [9.17, 15) is 0 Å². The Morgan fingerprint density at radius 1 is 1.35 bits per heavy atom. The summed E-state index contributed by atoms with van der Waals surface area (Å²) in [5, 5.41) is 12.7. The summed E-state index contributed by atoms with van der Waals surface area (Å²) in [5.41, 5.74) is 3.89. The molecule has 3 rings (SSSR count). The van der Waals surface area contributed by atoms with Gasteiger partial charge in [-0.25, -0.2) is 0 Å². The van der Waals surface area contributed by atoms with Crippen LogP contribution in [0.4, 0.5) is 5.69 Å². The van der Waals surface area contributed by atoms with Crippen LogP contribution >= 0.6 is 0 Å². The van der Waals surface area contributed by atoms with Crippen LogP contribution in [0, 0.1) is 12.8 Å². The van der Waals surface area contributed by atoms with Crippen molar-refractivity contribution in [1.82, 2.24) is 0 Å². The number of aliphatic hydroxyl groups excluding tert-OH is 1. The lowest BCUT2D eigenvalue weighted by molar-refractivity contribution is -0.0387. The number of ether oxygens (including phenoxy) is 1. The molecule has 2 aliphatic rings. The fraction of sp³-hybridized carbons (Fsp3) is 0.647. The van der Waals surface area contributed by atoms with E-state index in [1.165, 1.54) is 29.7 Å². The summed E-state index contributed by atoms with van der Waals surface area (Å²) in [6, 6.07) is 7.12. The fourth-order valence-electron chi connectivity index (χ4n) is 3.65. The van der Waals surface area contributed by atoms with Gasteiger partial charge in [0.25, 0.3) is 0 Å². The van der Waals surface area contributed by atoms with Crippen LogP contribution in [0.15, 0.2) is 18.2 Å². The lowest BCUT2D eigenvalue weighted by atomic mass is 9.78. The topological polar surface area (TPSA) is 41.5 Å². The van der Waals surface area contributed by atoms with Crippen molar-refractivity contribution < 1.29 is 9.84 Å². The highest BCUT2D eigenvalue weighted by Crippen LogP contribution is 2.45. The van der Waals surface area contributed by atoms with Gasteiger partial charge >= 0.3 is 0 Å². The average molecular weight is 275 g/mol. The Morgan fingerprint density at radius 2 is 2.25 bits per heavy atom. The van der Waals surface area contributed by atoms with E-state index in [2.05, 4.69) is 30.4 Å². The van der Waals surface area contributed by atoms with Crippen LogP contribution in [0.3, 0.4) is 0 Å². The van der Waals surface area contributed by atoms with Crippen LogP contribution in [0.1, 0.15) is 49.3 Å². The number of nitrogens with one attached hydrogen (secondary N) is 1. The molecule has 2 aliphatic heterocycles. The molecule has 0 aliphatic carbocycles. The van der Waals surface area contributed by atoms with E-state index in [4.69, 9.17) is 9.84 Å². The van der Waals surface area contributed by atoms with Gasteiger partial charge in [0.15, 0.2) is 0 Å². The number of rotatable bonds is 4. The molecule has 0 amide bonds. The number of aryl methyl sites for hydroxylation is 1. The average Bonchev–Trinajstić information content (AvgIpc) is 2.48. The molecule has 3 nitrogen and oxygen atoms in total. The van der Waals surface area contributed by atoms with Gasteiger partial charge in [0.2, 0.25) is 0 Å². The number of aliphatic hydroxyl groups is 1. The first-order valence-electron chi connectivity index (χ1n) is 7.89. The maximum absolute atomic E-state index is 8.97. The van der Waals surface area contributed by atoms with Crippen molar-refractivity contribution in [3.05, 3.63) is 29.3 Å². The Kier molecular flexibility index (Phi) is 4.27. The molecule has 2 N–H and O–H groups in total. The van der Waals surface area contributed by atoms with E-state index < -0.39 is 0 Å². The number of unbranched alkanes of at least 4 members (excludes halogenated alkanes) is 1. The van der Waals surface area contributed by atoms with Crippen LogP contribution < -0.4 is 5.32 Å². The molecule has 3 heteroatoms. The quantitative estimate of drug-likeness (QED) is 0.827. The second kappa shape index (κ2) is 6.15. The van der Waals surface area contributed by atoms with Gasteiger partial charge in [0, 0.05) is 36.4 Å². The summed E-state index contributed by atoms with van der Waals surface area (Å²) in [6.07, 6.45) is 5.78. The second-order valence-corrected chi connectivity index (χ2v) is 6.16. The summed E-state index contributed by atoms with van der Waals surface area (Å²) < 4.78 is 6.11. The molecule has 3 atom stereocenters. The first-order chi connectivity index (χ1) is 9.79. The van der Waals surface area contributed by atoms with Crippen molar-refractivity contribution in [3.63, 3.8) is 0 Å². The monoisotopic (exact) mass is 275 g/mol. The van der Waals surface area contributed by atoms with Crippen LogP contribution in [0.2, 0.25) is 0 Å². The predicted octanol–water partition coefficient (Wildman–Crippen LogP) is 3.42. The van der Waals surface area contributed by atoms with Crippen molar-refractivity contribution in [3.8, 4) is 0 Å². The van der Waals surface area contributed by atoms with Crippen molar-refractivity contribution in [2.45, 2.75) is 51.2 Å². The van der Waals surface area contributed by atoms with Crippen LogP contribution in [-0.4, -0.2) is 24.4 Å². The molecular weight excluding hydrogens is 250 g/mol. The highest BCUT2D eigenvalue weighted by Gasteiger charge is 2.38. The summed E-state index contributed by atoms with van der Waals surface area (Å²) in [7, 11) is 0. The van der Waals surface area contributed by atoms with Crippen molar-refractivity contribution in [2.75, 3.05) is 18.5 Å². The summed E-state index contributed by atoms with van der Waals surface area (Å²) >= 11 is 0. The standard InChI is InChI=1S/C17H25NO2/c1-12-7-8-16-14(11-12)17-13(5-4-10-20-17)15(18-16)6-2-3-9-19/h7-8,11,13,15,17-19H,2-6,9-10H2,1H3/t13-,15+,17-/m1/s1. The van der Waals surface area contributed by atoms with Gasteiger partial charge in [-0.15, -0.1) is 0 Å². The Hall–Kier alpha value is -1.06. The van der Waals surface area contributed by atoms with Crippen LogP contribution in [-0.2, 0) is 4.74 Å². The van der Waals surface area contributed by atoms with Gasteiger partial charge in [-0.05, 0) is 45.1 Å². The third kappa shape index (κ3) is 2.70. The minimum absolute atomic E-state index is 0.263. The van der Waals surface area contributed by atoms with E-state index >= 15 is 0 Å². The Labute approximate surface area is 121 Å². The van der Waals surface area contributed by atoms with E-state index in [-0.39, 0.29) is 6.10 Å². The Balaban J connectivity index is 1.83. The maximum Gasteiger partial charge on any atom is 0.0892 e. The minimum Gasteiger partial charge on any atom is -0.396 e. The molecule has 0 radical (unpaired) electrons. The zero-order valence-electron chi connectivity index (χ0n) is 12.3. The predicted molar refractivity (Wildman–Crippen MR) is 80.9 cm³/mol. The molecular formula is C17H25NO2. The second-order valence-electron chi connectivity index (χ2n) is 6.16. The van der Waals surface area contributed by atoms with Gasteiger partial charge in [-0.3, -0.25) is 0 Å².